The number of benzene rings is 1. The van der Waals surface area contributed by atoms with E-state index < -0.39 is 5.97 Å². The van der Waals surface area contributed by atoms with Gasteiger partial charge in [0.2, 0.25) is 0 Å². The maximum atomic E-state index is 12.1. The molecule has 0 saturated carbocycles. The van der Waals surface area contributed by atoms with E-state index in [4.69, 9.17) is 16.7 Å². The van der Waals surface area contributed by atoms with Crippen LogP contribution in [0.1, 0.15) is 26.4 Å². The SMILES string of the molecule is Cc1nn(C)cc1C(=O)Nc1ccc(Cl)c(C(=O)O)c1. The zero-order valence-corrected chi connectivity index (χ0v) is 11.6. The Bertz CT molecular complexity index is 694. The molecular formula is C13H12ClN3O3. The number of hydrogen-bond donors (Lipinski definition) is 2. The lowest BCUT2D eigenvalue weighted by atomic mass is 10.2. The van der Waals surface area contributed by atoms with Crippen molar-refractivity contribution in [3.8, 4) is 0 Å². The lowest BCUT2D eigenvalue weighted by Gasteiger charge is -2.06. The molecule has 2 rings (SSSR count). The van der Waals surface area contributed by atoms with Gasteiger partial charge in [-0.1, -0.05) is 11.6 Å². The van der Waals surface area contributed by atoms with Crippen LogP contribution in [0, 0.1) is 6.92 Å². The Balaban J connectivity index is 2.26. The standard InChI is InChI=1S/C13H12ClN3O3/c1-7-10(6-17(2)16-7)12(18)15-8-3-4-11(14)9(5-8)13(19)20/h3-6H,1-2H3,(H,15,18)(H,19,20). The monoisotopic (exact) mass is 293 g/mol. The number of nitrogens with one attached hydrogen (secondary N) is 1. The maximum absolute atomic E-state index is 12.1. The number of halogens is 1. The van der Waals surface area contributed by atoms with Gasteiger partial charge in [0.15, 0.2) is 0 Å². The number of carboxylic acid groups (broad SMARTS) is 1. The second-order valence-corrected chi connectivity index (χ2v) is 4.66. The Morgan fingerprint density at radius 1 is 1.35 bits per heavy atom. The van der Waals surface area contributed by atoms with Gasteiger partial charge in [0.05, 0.1) is 21.8 Å². The van der Waals surface area contributed by atoms with Crippen molar-refractivity contribution in [3.05, 3.63) is 46.2 Å². The molecule has 1 heterocycles. The molecule has 2 aromatic rings. The van der Waals surface area contributed by atoms with Gasteiger partial charge in [-0.05, 0) is 25.1 Å². The van der Waals surface area contributed by atoms with Gasteiger partial charge >= 0.3 is 5.97 Å². The number of aromatic carboxylic acids is 1. The van der Waals surface area contributed by atoms with E-state index in [-0.39, 0.29) is 16.5 Å². The number of anilines is 1. The van der Waals surface area contributed by atoms with E-state index in [1.54, 1.807) is 26.2 Å². The molecule has 1 aromatic carbocycles. The molecule has 0 radical (unpaired) electrons. The van der Waals surface area contributed by atoms with Gasteiger partial charge in [0, 0.05) is 18.9 Å². The minimum Gasteiger partial charge on any atom is -0.478 e. The van der Waals surface area contributed by atoms with Crippen LogP contribution in [-0.4, -0.2) is 26.8 Å². The van der Waals surface area contributed by atoms with E-state index in [1.165, 1.54) is 16.8 Å². The summed E-state index contributed by atoms with van der Waals surface area (Å²) in [5.41, 5.74) is 1.32. The van der Waals surface area contributed by atoms with Gasteiger partial charge in [-0.15, -0.1) is 0 Å². The van der Waals surface area contributed by atoms with Gasteiger partial charge < -0.3 is 10.4 Å². The number of carboxylic acids is 1. The molecule has 2 N–H and O–H groups in total. The van der Waals surface area contributed by atoms with Crippen molar-refractivity contribution < 1.29 is 14.7 Å². The van der Waals surface area contributed by atoms with Crippen molar-refractivity contribution in [2.24, 2.45) is 7.05 Å². The van der Waals surface area contributed by atoms with Crippen LogP contribution in [0.2, 0.25) is 5.02 Å². The molecule has 7 heteroatoms. The van der Waals surface area contributed by atoms with E-state index in [2.05, 4.69) is 10.4 Å². The molecule has 0 aliphatic heterocycles. The highest BCUT2D eigenvalue weighted by molar-refractivity contribution is 6.33. The second kappa shape index (κ2) is 5.34. The normalized spacial score (nSPS) is 10.3. The lowest BCUT2D eigenvalue weighted by molar-refractivity contribution is 0.0696. The number of carbonyl (C=O) groups excluding carboxylic acids is 1. The number of nitrogens with zero attached hydrogens (tertiary/aromatic N) is 2. The molecule has 20 heavy (non-hydrogen) atoms. The number of rotatable bonds is 3. The van der Waals surface area contributed by atoms with Gasteiger partial charge in [0.25, 0.3) is 5.91 Å². The molecule has 104 valence electrons. The first-order valence-corrected chi connectivity index (χ1v) is 6.10. The van der Waals surface area contributed by atoms with Crippen molar-refractivity contribution in [2.45, 2.75) is 6.92 Å². The van der Waals surface area contributed by atoms with E-state index in [1.807, 2.05) is 0 Å². The predicted molar refractivity (Wildman–Crippen MR) is 74.3 cm³/mol. The minimum atomic E-state index is -1.15. The van der Waals surface area contributed by atoms with E-state index in [9.17, 15) is 9.59 Å². The zero-order valence-electron chi connectivity index (χ0n) is 10.8. The van der Waals surface area contributed by atoms with Crippen LogP contribution in [0.25, 0.3) is 0 Å². The molecule has 1 aromatic heterocycles. The third-order valence-corrected chi connectivity index (χ3v) is 3.04. The largest absolute Gasteiger partial charge is 0.478 e. The number of hydrogen-bond acceptors (Lipinski definition) is 3. The first-order chi connectivity index (χ1) is 9.38. The van der Waals surface area contributed by atoms with Gasteiger partial charge in [0.1, 0.15) is 0 Å². The molecule has 0 aliphatic rings. The summed E-state index contributed by atoms with van der Waals surface area (Å²) in [5.74, 6) is -1.50. The van der Waals surface area contributed by atoms with Crippen molar-refractivity contribution in [3.63, 3.8) is 0 Å². The van der Waals surface area contributed by atoms with Crippen LogP contribution in [0.3, 0.4) is 0 Å². The Hall–Kier alpha value is -2.34. The molecule has 6 nitrogen and oxygen atoms in total. The number of amides is 1. The summed E-state index contributed by atoms with van der Waals surface area (Å²) < 4.78 is 1.54. The second-order valence-electron chi connectivity index (χ2n) is 4.26. The highest BCUT2D eigenvalue weighted by atomic mass is 35.5. The summed E-state index contributed by atoms with van der Waals surface area (Å²) in [6.45, 7) is 1.72. The molecule has 0 spiro atoms. The average molecular weight is 294 g/mol. The van der Waals surface area contributed by atoms with E-state index in [0.717, 1.165) is 0 Å². The van der Waals surface area contributed by atoms with Gasteiger partial charge in [-0.3, -0.25) is 9.48 Å². The van der Waals surface area contributed by atoms with Crippen LogP contribution in [0.5, 0.6) is 0 Å². The average Bonchev–Trinajstić information content (AvgIpc) is 2.70. The Morgan fingerprint density at radius 2 is 2.05 bits per heavy atom. The van der Waals surface area contributed by atoms with Crippen molar-refractivity contribution in [2.75, 3.05) is 5.32 Å². The van der Waals surface area contributed by atoms with E-state index in [0.29, 0.717) is 16.9 Å². The highest BCUT2D eigenvalue weighted by Gasteiger charge is 2.14. The summed E-state index contributed by atoms with van der Waals surface area (Å²) in [5, 5.41) is 15.8. The van der Waals surface area contributed by atoms with E-state index >= 15 is 0 Å². The molecule has 0 fully saturated rings. The van der Waals surface area contributed by atoms with Crippen molar-refractivity contribution in [1.82, 2.24) is 9.78 Å². The third kappa shape index (κ3) is 2.80. The lowest BCUT2D eigenvalue weighted by Crippen LogP contribution is -2.13. The summed E-state index contributed by atoms with van der Waals surface area (Å²) in [4.78, 5) is 23.0. The first-order valence-electron chi connectivity index (χ1n) is 5.73. The van der Waals surface area contributed by atoms with Crippen LogP contribution < -0.4 is 5.32 Å². The molecule has 0 bridgehead atoms. The first kappa shape index (κ1) is 14.1. The van der Waals surface area contributed by atoms with Crippen LogP contribution in [0.15, 0.2) is 24.4 Å². The zero-order chi connectivity index (χ0) is 14.9. The summed E-state index contributed by atoms with van der Waals surface area (Å²) in [6.07, 6.45) is 1.60. The summed E-state index contributed by atoms with van der Waals surface area (Å²) >= 11 is 5.77. The Morgan fingerprint density at radius 3 is 2.60 bits per heavy atom. The van der Waals surface area contributed by atoms with Crippen LogP contribution in [-0.2, 0) is 7.05 Å². The Labute approximate surface area is 120 Å². The quantitative estimate of drug-likeness (QED) is 0.909. The van der Waals surface area contributed by atoms with Gasteiger partial charge in [-0.2, -0.15) is 5.10 Å². The minimum absolute atomic E-state index is 0.0626. The summed E-state index contributed by atoms with van der Waals surface area (Å²) in [6, 6.07) is 4.28. The molecule has 0 saturated heterocycles. The van der Waals surface area contributed by atoms with Crippen molar-refractivity contribution >= 4 is 29.2 Å². The fraction of sp³-hybridized carbons (Fsp3) is 0.154. The fourth-order valence-corrected chi connectivity index (χ4v) is 1.99. The molecule has 0 atom stereocenters. The highest BCUT2D eigenvalue weighted by Crippen LogP contribution is 2.21. The molecule has 1 amide bonds. The van der Waals surface area contributed by atoms with Crippen LogP contribution in [0.4, 0.5) is 5.69 Å². The molecule has 0 aliphatic carbocycles. The molecular weight excluding hydrogens is 282 g/mol. The topological polar surface area (TPSA) is 84.2 Å². The Kier molecular flexibility index (Phi) is 3.76. The van der Waals surface area contributed by atoms with Gasteiger partial charge in [-0.25, -0.2) is 4.79 Å². The smallest absolute Gasteiger partial charge is 0.337 e. The molecule has 0 unspecified atom stereocenters. The van der Waals surface area contributed by atoms with Crippen molar-refractivity contribution in [1.29, 1.82) is 0 Å². The van der Waals surface area contributed by atoms with Crippen LogP contribution >= 0.6 is 11.6 Å². The number of aryl methyl sites for hydroxylation is 2. The maximum Gasteiger partial charge on any atom is 0.337 e. The number of carbonyl (C=O) groups is 2. The summed E-state index contributed by atoms with van der Waals surface area (Å²) in [7, 11) is 1.72. The third-order valence-electron chi connectivity index (χ3n) is 2.71. The fourth-order valence-electron chi connectivity index (χ4n) is 1.79. The number of aromatic nitrogens is 2. The predicted octanol–water partition coefficient (Wildman–Crippen LogP) is 2.33.